The van der Waals surface area contributed by atoms with Gasteiger partial charge in [-0.25, -0.2) is 0 Å². The first kappa shape index (κ1) is 18.0. The van der Waals surface area contributed by atoms with Crippen LogP contribution < -0.4 is 10.6 Å². The third-order valence-corrected chi connectivity index (χ3v) is 3.58. The van der Waals surface area contributed by atoms with Crippen molar-refractivity contribution < 1.29 is 15.0 Å². The molecule has 0 fully saturated rings. The largest absolute Gasteiger partial charge is 0.508 e. The van der Waals surface area contributed by atoms with Gasteiger partial charge in [0.2, 0.25) is 0 Å². The second kappa shape index (κ2) is 8.52. The summed E-state index contributed by atoms with van der Waals surface area (Å²) < 4.78 is 0. The first-order valence-electron chi connectivity index (χ1n) is 7.66. The molecule has 0 aliphatic rings. The zero-order valence-electron chi connectivity index (χ0n) is 13.8. The van der Waals surface area contributed by atoms with Crippen LogP contribution in [0.1, 0.15) is 16.7 Å². The maximum Gasteiger partial charge on any atom is 0.267 e. The van der Waals surface area contributed by atoms with Crippen molar-refractivity contribution in [3.63, 3.8) is 0 Å². The van der Waals surface area contributed by atoms with Crippen molar-refractivity contribution >= 4 is 11.6 Å². The van der Waals surface area contributed by atoms with E-state index in [1.54, 1.807) is 13.0 Å². The van der Waals surface area contributed by atoms with Gasteiger partial charge in [0.05, 0.1) is 6.61 Å². The molecule has 2 rings (SSSR count). The number of aliphatic hydroxyl groups excluding tert-OH is 1. The SMILES string of the molecule is Cc1cc(O)ccc1NC(=O)/C(C#N)=C\NCc1ccc(CO)cc1. The lowest BCUT2D eigenvalue weighted by molar-refractivity contribution is -0.112. The summed E-state index contributed by atoms with van der Waals surface area (Å²) in [6.07, 6.45) is 1.37. The lowest BCUT2D eigenvalue weighted by atomic mass is 10.1. The summed E-state index contributed by atoms with van der Waals surface area (Å²) in [6.45, 7) is 2.19. The monoisotopic (exact) mass is 337 g/mol. The minimum Gasteiger partial charge on any atom is -0.508 e. The molecule has 0 bridgehead atoms. The van der Waals surface area contributed by atoms with Crippen LogP contribution in [0.15, 0.2) is 54.2 Å². The van der Waals surface area contributed by atoms with Crippen molar-refractivity contribution in [1.29, 1.82) is 5.26 Å². The van der Waals surface area contributed by atoms with Crippen LogP contribution in [0, 0.1) is 18.3 Å². The number of phenolic OH excluding ortho intramolecular Hbond substituents is 1. The van der Waals surface area contributed by atoms with Gasteiger partial charge in [-0.05, 0) is 41.8 Å². The van der Waals surface area contributed by atoms with Crippen LogP contribution >= 0.6 is 0 Å². The summed E-state index contributed by atoms with van der Waals surface area (Å²) in [5, 5.41) is 33.1. The summed E-state index contributed by atoms with van der Waals surface area (Å²) in [5.74, 6) is -0.417. The molecule has 0 atom stereocenters. The Labute approximate surface area is 146 Å². The number of aryl methyl sites for hydroxylation is 1. The fraction of sp³-hybridized carbons (Fsp3) is 0.158. The average Bonchev–Trinajstić information content (AvgIpc) is 2.61. The molecule has 0 spiro atoms. The quantitative estimate of drug-likeness (QED) is 0.368. The number of phenols is 1. The van der Waals surface area contributed by atoms with Crippen LogP contribution in [-0.2, 0) is 17.9 Å². The molecular weight excluding hydrogens is 318 g/mol. The number of anilines is 1. The molecule has 6 heteroatoms. The van der Waals surface area contributed by atoms with E-state index < -0.39 is 5.91 Å². The highest BCUT2D eigenvalue weighted by Gasteiger charge is 2.10. The third-order valence-electron chi connectivity index (χ3n) is 3.58. The zero-order chi connectivity index (χ0) is 18.2. The van der Waals surface area contributed by atoms with E-state index in [1.165, 1.54) is 18.3 Å². The number of benzene rings is 2. The van der Waals surface area contributed by atoms with E-state index in [4.69, 9.17) is 10.4 Å². The van der Waals surface area contributed by atoms with Gasteiger partial charge >= 0.3 is 0 Å². The lowest BCUT2D eigenvalue weighted by Crippen LogP contribution is -2.17. The second-order valence-corrected chi connectivity index (χ2v) is 5.48. The normalized spacial score (nSPS) is 10.8. The maximum absolute atomic E-state index is 12.2. The summed E-state index contributed by atoms with van der Waals surface area (Å²) >= 11 is 0. The Bertz CT molecular complexity index is 821. The number of rotatable bonds is 6. The minimum atomic E-state index is -0.528. The van der Waals surface area contributed by atoms with Crippen LogP contribution in [0.25, 0.3) is 0 Å². The first-order chi connectivity index (χ1) is 12.0. The molecule has 0 saturated carbocycles. The molecule has 0 radical (unpaired) electrons. The molecular formula is C19H19N3O3. The number of aliphatic hydroxyl groups is 1. The topological polar surface area (TPSA) is 105 Å². The number of carbonyl (C=O) groups is 1. The Balaban J connectivity index is 1.98. The predicted molar refractivity (Wildman–Crippen MR) is 94.4 cm³/mol. The molecule has 0 aliphatic carbocycles. The molecule has 128 valence electrons. The summed E-state index contributed by atoms with van der Waals surface area (Å²) in [7, 11) is 0. The average molecular weight is 337 g/mol. The molecule has 0 unspecified atom stereocenters. The van der Waals surface area contributed by atoms with Gasteiger partial charge in [0.1, 0.15) is 17.4 Å². The highest BCUT2D eigenvalue weighted by Crippen LogP contribution is 2.20. The Kier molecular flexibility index (Phi) is 6.15. The molecule has 1 amide bonds. The minimum absolute atomic E-state index is 0.0109. The molecule has 0 saturated heterocycles. The van der Waals surface area contributed by atoms with Crippen LogP contribution in [-0.4, -0.2) is 16.1 Å². The molecule has 0 aromatic heterocycles. The number of amides is 1. The Hall–Kier alpha value is -3.30. The van der Waals surface area contributed by atoms with E-state index in [0.29, 0.717) is 17.8 Å². The van der Waals surface area contributed by atoms with Crippen molar-refractivity contribution in [2.75, 3.05) is 5.32 Å². The third kappa shape index (κ3) is 5.09. The Morgan fingerprint density at radius 3 is 2.48 bits per heavy atom. The van der Waals surface area contributed by atoms with Crippen LogP contribution in [0.2, 0.25) is 0 Å². The highest BCUT2D eigenvalue weighted by molar-refractivity contribution is 6.06. The number of nitrogens with zero attached hydrogens (tertiary/aromatic N) is 1. The zero-order valence-corrected chi connectivity index (χ0v) is 13.8. The van der Waals surface area contributed by atoms with Gasteiger partial charge in [0.15, 0.2) is 0 Å². The number of nitriles is 1. The van der Waals surface area contributed by atoms with Gasteiger partial charge in [-0.1, -0.05) is 24.3 Å². The van der Waals surface area contributed by atoms with Gasteiger partial charge < -0.3 is 20.8 Å². The van der Waals surface area contributed by atoms with Crippen LogP contribution in [0.3, 0.4) is 0 Å². The van der Waals surface area contributed by atoms with Gasteiger partial charge in [0, 0.05) is 18.4 Å². The lowest BCUT2D eigenvalue weighted by Gasteiger charge is -2.08. The van der Waals surface area contributed by atoms with Gasteiger partial charge in [-0.3, -0.25) is 4.79 Å². The first-order valence-corrected chi connectivity index (χ1v) is 7.66. The maximum atomic E-state index is 12.2. The fourth-order valence-electron chi connectivity index (χ4n) is 2.16. The van der Waals surface area contributed by atoms with Crippen molar-refractivity contribution in [2.24, 2.45) is 0 Å². The van der Waals surface area contributed by atoms with Crippen molar-refractivity contribution in [2.45, 2.75) is 20.1 Å². The molecule has 0 aliphatic heterocycles. The highest BCUT2D eigenvalue weighted by atomic mass is 16.3. The van der Waals surface area contributed by atoms with Crippen molar-refractivity contribution in [3.8, 4) is 11.8 Å². The number of carbonyl (C=O) groups excluding carboxylic acids is 1. The number of aromatic hydroxyl groups is 1. The van der Waals surface area contributed by atoms with Crippen LogP contribution in [0.5, 0.6) is 5.75 Å². The van der Waals surface area contributed by atoms with E-state index >= 15 is 0 Å². The van der Waals surface area contributed by atoms with E-state index in [9.17, 15) is 9.90 Å². The van der Waals surface area contributed by atoms with Gasteiger partial charge in [-0.15, -0.1) is 0 Å². The molecule has 0 heterocycles. The fourth-order valence-corrected chi connectivity index (χ4v) is 2.16. The number of hydrogen-bond donors (Lipinski definition) is 4. The second-order valence-electron chi connectivity index (χ2n) is 5.48. The summed E-state index contributed by atoms with van der Waals surface area (Å²) in [5.41, 5.74) is 2.95. The van der Waals surface area contributed by atoms with Crippen LogP contribution in [0.4, 0.5) is 5.69 Å². The van der Waals surface area contributed by atoms with E-state index in [-0.39, 0.29) is 17.9 Å². The molecule has 6 nitrogen and oxygen atoms in total. The van der Waals surface area contributed by atoms with E-state index in [0.717, 1.165) is 11.1 Å². The molecule has 2 aromatic rings. The Morgan fingerprint density at radius 2 is 1.88 bits per heavy atom. The summed E-state index contributed by atoms with van der Waals surface area (Å²) in [6, 6.07) is 13.8. The smallest absolute Gasteiger partial charge is 0.267 e. The number of nitrogens with one attached hydrogen (secondary N) is 2. The van der Waals surface area contributed by atoms with Crippen molar-refractivity contribution in [3.05, 3.63) is 70.9 Å². The molecule has 4 N–H and O–H groups in total. The number of hydrogen-bond acceptors (Lipinski definition) is 5. The van der Waals surface area contributed by atoms with E-state index in [2.05, 4.69) is 10.6 Å². The van der Waals surface area contributed by atoms with E-state index in [1.807, 2.05) is 30.3 Å². The standard InChI is InChI=1S/C19H19N3O3/c1-13-8-17(24)6-7-18(13)22-19(25)16(9-20)11-21-10-14-2-4-15(12-23)5-3-14/h2-8,11,21,23-24H,10,12H2,1H3,(H,22,25)/b16-11-. The van der Waals surface area contributed by atoms with Gasteiger partial charge in [-0.2, -0.15) is 5.26 Å². The molecule has 25 heavy (non-hydrogen) atoms. The summed E-state index contributed by atoms with van der Waals surface area (Å²) in [4.78, 5) is 12.2. The van der Waals surface area contributed by atoms with Gasteiger partial charge in [0.25, 0.3) is 5.91 Å². The Morgan fingerprint density at radius 1 is 1.20 bits per heavy atom. The van der Waals surface area contributed by atoms with Crippen molar-refractivity contribution in [1.82, 2.24) is 5.32 Å². The predicted octanol–water partition coefficient (Wildman–Crippen LogP) is 2.33. The molecule has 2 aromatic carbocycles.